The maximum atomic E-state index is 13.6. The van der Waals surface area contributed by atoms with Gasteiger partial charge in [0.15, 0.2) is 11.5 Å². The number of methoxy groups -OCH3 is 2. The van der Waals surface area contributed by atoms with Gasteiger partial charge in [-0.3, -0.25) is 0 Å². The lowest BCUT2D eigenvalue weighted by Crippen LogP contribution is -2.43. The number of nitrogens with zero attached hydrogens (tertiary/aromatic N) is 1. The van der Waals surface area contributed by atoms with Gasteiger partial charge in [0, 0.05) is 13.1 Å². The minimum atomic E-state index is -0.261. The molecule has 1 unspecified atom stereocenters. The van der Waals surface area contributed by atoms with Gasteiger partial charge in [0.2, 0.25) is 0 Å². The Balaban J connectivity index is 1.48. The zero-order valence-corrected chi connectivity index (χ0v) is 15.5. The standard InChI is InChI=1S/C21H23FN2O3/c1-26-19-9-14-7-8-24(12-15(14)10-20(19)27-2)21(25)23-18-6-4-13-3-5-16(22)11-17(13)18/h3,5,9-11,18H,4,6-8,12H2,1-2H3,(H,23,25). The highest BCUT2D eigenvalue weighted by Crippen LogP contribution is 2.34. The molecule has 1 aliphatic heterocycles. The maximum Gasteiger partial charge on any atom is 0.318 e. The number of rotatable bonds is 3. The molecule has 0 aromatic heterocycles. The molecule has 0 spiro atoms. The molecule has 5 nitrogen and oxygen atoms in total. The Hall–Kier alpha value is -2.76. The predicted molar refractivity (Wildman–Crippen MR) is 99.7 cm³/mol. The summed E-state index contributed by atoms with van der Waals surface area (Å²) in [4.78, 5) is 14.6. The molecule has 1 N–H and O–H groups in total. The highest BCUT2D eigenvalue weighted by molar-refractivity contribution is 5.75. The van der Waals surface area contributed by atoms with Gasteiger partial charge in [-0.1, -0.05) is 6.07 Å². The molecule has 1 heterocycles. The zero-order chi connectivity index (χ0) is 19.0. The topological polar surface area (TPSA) is 50.8 Å². The molecule has 0 radical (unpaired) electrons. The molecule has 1 aliphatic carbocycles. The van der Waals surface area contributed by atoms with E-state index in [0.717, 1.165) is 36.0 Å². The third-order valence-corrected chi connectivity index (χ3v) is 5.49. The van der Waals surface area contributed by atoms with Crippen molar-refractivity contribution in [2.24, 2.45) is 0 Å². The lowest BCUT2D eigenvalue weighted by Gasteiger charge is -2.31. The van der Waals surface area contributed by atoms with E-state index >= 15 is 0 Å². The molecule has 0 saturated carbocycles. The third-order valence-electron chi connectivity index (χ3n) is 5.49. The molecule has 2 aromatic rings. The fraction of sp³-hybridized carbons (Fsp3) is 0.381. The summed E-state index contributed by atoms with van der Waals surface area (Å²) in [6.45, 7) is 1.15. The van der Waals surface area contributed by atoms with E-state index in [1.54, 1.807) is 19.1 Å². The quantitative estimate of drug-likeness (QED) is 0.898. The predicted octanol–water partition coefficient (Wildman–Crippen LogP) is 3.60. The number of hydrogen-bond acceptors (Lipinski definition) is 3. The van der Waals surface area contributed by atoms with E-state index in [9.17, 15) is 9.18 Å². The molecule has 6 heteroatoms. The van der Waals surface area contributed by atoms with Gasteiger partial charge in [0.05, 0.1) is 20.3 Å². The van der Waals surface area contributed by atoms with Crippen molar-refractivity contribution in [2.75, 3.05) is 20.8 Å². The van der Waals surface area contributed by atoms with Gasteiger partial charge < -0.3 is 19.7 Å². The van der Waals surface area contributed by atoms with Crippen molar-refractivity contribution in [3.63, 3.8) is 0 Å². The van der Waals surface area contributed by atoms with E-state index < -0.39 is 0 Å². The lowest BCUT2D eigenvalue weighted by atomic mass is 9.99. The van der Waals surface area contributed by atoms with Crippen LogP contribution in [0.5, 0.6) is 11.5 Å². The number of urea groups is 1. The van der Waals surface area contributed by atoms with Gasteiger partial charge in [-0.15, -0.1) is 0 Å². The lowest BCUT2D eigenvalue weighted by molar-refractivity contribution is 0.188. The van der Waals surface area contributed by atoms with E-state index in [1.807, 2.05) is 18.2 Å². The van der Waals surface area contributed by atoms with Crippen LogP contribution in [0.2, 0.25) is 0 Å². The molecule has 142 valence electrons. The van der Waals surface area contributed by atoms with E-state index in [4.69, 9.17) is 9.47 Å². The number of halogens is 1. The second kappa shape index (κ2) is 7.10. The smallest absolute Gasteiger partial charge is 0.318 e. The fourth-order valence-electron chi connectivity index (χ4n) is 4.02. The SMILES string of the molecule is COc1cc2c(cc1OC)CN(C(=O)NC1CCc3ccc(F)cc31)CC2. The van der Waals surface area contributed by atoms with Gasteiger partial charge in [-0.25, -0.2) is 9.18 Å². The van der Waals surface area contributed by atoms with E-state index in [2.05, 4.69) is 5.32 Å². The van der Waals surface area contributed by atoms with Crippen molar-refractivity contribution in [1.29, 1.82) is 0 Å². The average Bonchev–Trinajstić information content (AvgIpc) is 3.08. The van der Waals surface area contributed by atoms with Gasteiger partial charge in [0.25, 0.3) is 0 Å². The first-order chi connectivity index (χ1) is 13.1. The van der Waals surface area contributed by atoms with Crippen LogP contribution in [0.3, 0.4) is 0 Å². The van der Waals surface area contributed by atoms with E-state index in [0.29, 0.717) is 24.6 Å². The number of aryl methyl sites for hydroxylation is 1. The minimum Gasteiger partial charge on any atom is -0.493 e. The Morgan fingerprint density at radius 1 is 1.07 bits per heavy atom. The summed E-state index contributed by atoms with van der Waals surface area (Å²) in [5, 5.41) is 3.08. The Morgan fingerprint density at radius 2 is 1.81 bits per heavy atom. The Bertz CT molecular complexity index is 884. The van der Waals surface area contributed by atoms with Crippen molar-refractivity contribution >= 4 is 6.03 Å². The number of amides is 2. The number of carbonyl (C=O) groups excluding carboxylic acids is 1. The largest absolute Gasteiger partial charge is 0.493 e. The summed E-state index contributed by atoms with van der Waals surface area (Å²) in [6, 6.07) is 8.51. The molecule has 0 bridgehead atoms. The van der Waals surface area contributed by atoms with Crippen LogP contribution in [0.15, 0.2) is 30.3 Å². The van der Waals surface area contributed by atoms with Gasteiger partial charge in [-0.2, -0.15) is 0 Å². The van der Waals surface area contributed by atoms with Crippen LogP contribution in [0.25, 0.3) is 0 Å². The Kier molecular flexibility index (Phi) is 4.64. The highest BCUT2D eigenvalue weighted by Gasteiger charge is 2.28. The van der Waals surface area contributed by atoms with Crippen molar-refractivity contribution in [2.45, 2.75) is 31.8 Å². The van der Waals surface area contributed by atoms with Crippen LogP contribution in [0.1, 0.15) is 34.7 Å². The Labute approximate surface area is 158 Å². The van der Waals surface area contributed by atoms with Gasteiger partial charge in [0.1, 0.15) is 5.82 Å². The van der Waals surface area contributed by atoms with E-state index in [1.165, 1.54) is 17.7 Å². The maximum absolute atomic E-state index is 13.6. The number of benzene rings is 2. The van der Waals surface area contributed by atoms with Crippen molar-refractivity contribution in [3.05, 3.63) is 58.4 Å². The molecule has 2 aliphatic rings. The first kappa shape index (κ1) is 17.6. The van der Waals surface area contributed by atoms with Crippen molar-refractivity contribution in [3.8, 4) is 11.5 Å². The molecule has 2 aromatic carbocycles. The summed E-state index contributed by atoms with van der Waals surface area (Å²) < 4.78 is 24.3. The molecule has 4 rings (SSSR count). The number of fused-ring (bicyclic) bond motifs is 2. The molecule has 27 heavy (non-hydrogen) atoms. The van der Waals surface area contributed by atoms with E-state index in [-0.39, 0.29) is 17.9 Å². The molecular formula is C21H23FN2O3. The van der Waals surface area contributed by atoms with Crippen LogP contribution in [0.4, 0.5) is 9.18 Å². The summed E-state index contributed by atoms with van der Waals surface area (Å²) in [5.74, 6) is 1.11. The van der Waals surface area contributed by atoms with Crippen LogP contribution in [0, 0.1) is 5.82 Å². The second-order valence-electron chi connectivity index (χ2n) is 7.03. The average molecular weight is 370 g/mol. The van der Waals surface area contributed by atoms with Crippen molar-refractivity contribution in [1.82, 2.24) is 10.2 Å². The zero-order valence-electron chi connectivity index (χ0n) is 15.5. The number of hydrogen-bond donors (Lipinski definition) is 1. The highest BCUT2D eigenvalue weighted by atomic mass is 19.1. The summed E-state index contributed by atoms with van der Waals surface area (Å²) in [5.41, 5.74) is 4.24. The molecular weight excluding hydrogens is 347 g/mol. The summed E-state index contributed by atoms with van der Waals surface area (Å²) in [6.07, 6.45) is 2.43. The normalized spacial score (nSPS) is 17.9. The number of ether oxygens (including phenoxy) is 2. The fourth-order valence-corrected chi connectivity index (χ4v) is 4.02. The minimum absolute atomic E-state index is 0.113. The molecule has 0 saturated heterocycles. The van der Waals surface area contributed by atoms with Crippen LogP contribution < -0.4 is 14.8 Å². The van der Waals surface area contributed by atoms with Crippen molar-refractivity contribution < 1.29 is 18.7 Å². The number of carbonyl (C=O) groups is 1. The van der Waals surface area contributed by atoms with Gasteiger partial charge >= 0.3 is 6.03 Å². The van der Waals surface area contributed by atoms with Crippen LogP contribution in [-0.2, 0) is 19.4 Å². The monoisotopic (exact) mass is 370 g/mol. The molecule has 0 fully saturated rings. The molecule has 2 amide bonds. The van der Waals surface area contributed by atoms with Gasteiger partial charge in [-0.05, 0) is 65.8 Å². The number of nitrogens with one attached hydrogen (secondary N) is 1. The summed E-state index contributed by atoms with van der Waals surface area (Å²) in [7, 11) is 3.23. The van der Waals surface area contributed by atoms with Crippen LogP contribution in [-0.4, -0.2) is 31.7 Å². The second-order valence-corrected chi connectivity index (χ2v) is 7.03. The third kappa shape index (κ3) is 3.31. The first-order valence-electron chi connectivity index (χ1n) is 9.16. The Morgan fingerprint density at radius 3 is 2.56 bits per heavy atom. The van der Waals surface area contributed by atoms with Crippen LogP contribution >= 0.6 is 0 Å². The molecule has 1 atom stereocenters. The first-order valence-corrected chi connectivity index (χ1v) is 9.16. The summed E-state index contributed by atoms with van der Waals surface area (Å²) >= 11 is 0.